The molecule has 1 aliphatic heterocycles. The van der Waals surface area contributed by atoms with Gasteiger partial charge in [-0.1, -0.05) is 18.2 Å². The Bertz CT molecular complexity index is 945. The first-order valence-corrected chi connectivity index (χ1v) is 8.37. The highest BCUT2D eigenvalue weighted by molar-refractivity contribution is 5.99. The van der Waals surface area contributed by atoms with Gasteiger partial charge in [0.15, 0.2) is 11.5 Å². The molecule has 4 rings (SSSR count). The number of hydrogen-bond acceptors (Lipinski definition) is 3. The van der Waals surface area contributed by atoms with Crippen molar-refractivity contribution in [2.75, 3.05) is 13.2 Å². The smallest absolute Gasteiger partial charge is 0.267 e. The Kier molecular flexibility index (Phi) is 3.84. The summed E-state index contributed by atoms with van der Waals surface area (Å²) >= 11 is 0. The first kappa shape index (κ1) is 15.6. The number of carbonyl (C=O) groups excluding carboxylic acids is 1. The third-order valence-electron chi connectivity index (χ3n) is 4.39. The van der Waals surface area contributed by atoms with Gasteiger partial charge in [-0.2, -0.15) is 0 Å². The lowest BCUT2D eigenvalue weighted by Crippen LogP contribution is -2.40. The summed E-state index contributed by atoms with van der Waals surface area (Å²) in [5.41, 5.74) is 3.87. The van der Waals surface area contributed by atoms with E-state index in [1.807, 2.05) is 43.3 Å². The summed E-state index contributed by atoms with van der Waals surface area (Å²) in [6.07, 6.45) is -0.202. The van der Waals surface area contributed by atoms with Crippen molar-refractivity contribution in [3.63, 3.8) is 0 Å². The van der Waals surface area contributed by atoms with Crippen LogP contribution in [0, 0.1) is 13.8 Å². The Balaban J connectivity index is 1.44. The van der Waals surface area contributed by atoms with Crippen LogP contribution in [0.2, 0.25) is 0 Å². The molecule has 1 amide bonds. The Morgan fingerprint density at radius 2 is 2.00 bits per heavy atom. The molecule has 0 bridgehead atoms. The number of para-hydroxylation sites is 2. The van der Waals surface area contributed by atoms with Crippen LogP contribution >= 0.6 is 0 Å². The second-order valence-corrected chi connectivity index (χ2v) is 6.43. The predicted molar refractivity (Wildman–Crippen MR) is 96.5 cm³/mol. The second kappa shape index (κ2) is 6.16. The van der Waals surface area contributed by atoms with E-state index < -0.39 is 0 Å². The third kappa shape index (κ3) is 3.05. The van der Waals surface area contributed by atoms with Gasteiger partial charge in [0.2, 0.25) is 0 Å². The Hall–Kier alpha value is -2.95. The zero-order chi connectivity index (χ0) is 17.4. The Labute approximate surface area is 146 Å². The van der Waals surface area contributed by atoms with Crippen LogP contribution in [-0.4, -0.2) is 30.1 Å². The van der Waals surface area contributed by atoms with E-state index in [0.29, 0.717) is 24.6 Å². The van der Waals surface area contributed by atoms with Crippen molar-refractivity contribution in [2.45, 2.75) is 20.0 Å². The van der Waals surface area contributed by atoms with E-state index in [1.54, 1.807) is 0 Å². The number of aryl methyl sites for hydroxylation is 2. The Morgan fingerprint density at radius 3 is 2.84 bits per heavy atom. The molecule has 0 radical (unpaired) electrons. The van der Waals surface area contributed by atoms with Gasteiger partial charge in [-0.3, -0.25) is 4.79 Å². The lowest BCUT2D eigenvalue weighted by Gasteiger charge is -2.26. The largest absolute Gasteiger partial charge is 0.486 e. The molecule has 2 N–H and O–H groups in total. The molecule has 1 unspecified atom stereocenters. The van der Waals surface area contributed by atoms with Crippen LogP contribution in [0.4, 0.5) is 0 Å². The molecule has 25 heavy (non-hydrogen) atoms. The van der Waals surface area contributed by atoms with Crippen LogP contribution in [0.25, 0.3) is 10.9 Å². The fraction of sp³-hybridized carbons (Fsp3) is 0.250. The average molecular weight is 336 g/mol. The van der Waals surface area contributed by atoms with E-state index >= 15 is 0 Å². The monoisotopic (exact) mass is 336 g/mol. The van der Waals surface area contributed by atoms with E-state index in [9.17, 15) is 4.79 Å². The molecule has 3 aromatic rings. The lowest BCUT2D eigenvalue weighted by molar-refractivity contribution is 0.0787. The zero-order valence-corrected chi connectivity index (χ0v) is 14.3. The minimum Gasteiger partial charge on any atom is -0.486 e. The summed E-state index contributed by atoms with van der Waals surface area (Å²) in [6, 6.07) is 13.6. The number of aromatic nitrogens is 1. The number of fused-ring (bicyclic) bond motifs is 2. The number of benzene rings is 2. The summed E-state index contributed by atoms with van der Waals surface area (Å²) in [7, 11) is 0. The standard InChI is InChI=1S/C20H20N2O3/c1-12-7-13(2)15-9-17(22-16(15)8-12)20(23)21-10-14-11-24-18-5-3-4-6-19(18)25-14/h3-9,14,22H,10-11H2,1-2H3,(H,21,23). The molecule has 5 heteroatoms. The number of amides is 1. The highest BCUT2D eigenvalue weighted by Crippen LogP contribution is 2.30. The normalized spacial score (nSPS) is 16.0. The lowest BCUT2D eigenvalue weighted by atomic mass is 10.1. The molecule has 0 saturated carbocycles. The van der Waals surface area contributed by atoms with Crippen molar-refractivity contribution in [1.82, 2.24) is 10.3 Å². The predicted octanol–water partition coefficient (Wildman–Crippen LogP) is 3.35. The van der Waals surface area contributed by atoms with E-state index in [1.165, 1.54) is 5.56 Å². The van der Waals surface area contributed by atoms with Crippen LogP contribution in [0.3, 0.4) is 0 Å². The van der Waals surface area contributed by atoms with E-state index in [4.69, 9.17) is 9.47 Å². The van der Waals surface area contributed by atoms with Gasteiger partial charge in [-0.15, -0.1) is 0 Å². The van der Waals surface area contributed by atoms with Crippen molar-refractivity contribution in [2.24, 2.45) is 0 Å². The SMILES string of the molecule is Cc1cc(C)c2cc(C(=O)NCC3COc4ccccc4O3)[nH]c2c1. The summed E-state index contributed by atoms with van der Waals surface area (Å²) in [6.45, 7) is 4.91. The first-order chi connectivity index (χ1) is 12.1. The molecule has 1 atom stereocenters. The molecule has 128 valence electrons. The van der Waals surface area contributed by atoms with Gasteiger partial charge in [-0.25, -0.2) is 0 Å². The number of carbonyl (C=O) groups is 1. The molecule has 1 aliphatic rings. The second-order valence-electron chi connectivity index (χ2n) is 6.43. The van der Waals surface area contributed by atoms with Gasteiger partial charge in [0, 0.05) is 10.9 Å². The zero-order valence-electron chi connectivity index (χ0n) is 14.3. The highest BCUT2D eigenvalue weighted by atomic mass is 16.6. The molecule has 0 saturated heterocycles. The van der Waals surface area contributed by atoms with Gasteiger partial charge in [-0.05, 0) is 49.2 Å². The molecule has 2 aromatic carbocycles. The van der Waals surface area contributed by atoms with Gasteiger partial charge in [0.1, 0.15) is 18.4 Å². The van der Waals surface area contributed by atoms with E-state index in [-0.39, 0.29) is 12.0 Å². The number of H-pyrrole nitrogens is 1. The molecule has 0 aliphatic carbocycles. The summed E-state index contributed by atoms with van der Waals surface area (Å²) in [5, 5.41) is 3.99. The average Bonchev–Trinajstić information content (AvgIpc) is 3.04. The fourth-order valence-corrected chi connectivity index (χ4v) is 3.19. The molecule has 1 aromatic heterocycles. The van der Waals surface area contributed by atoms with Crippen LogP contribution in [-0.2, 0) is 0 Å². The number of hydrogen-bond donors (Lipinski definition) is 2. The topological polar surface area (TPSA) is 63.4 Å². The van der Waals surface area contributed by atoms with Crippen LogP contribution in [0.1, 0.15) is 21.6 Å². The van der Waals surface area contributed by atoms with Crippen LogP contribution in [0.5, 0.6) is 11.5 Å². The summed E-state index contributed by atoms with van der Waals surface area (Å²) in [4.78, 5) is 15.7. The number of rotatable bonds is 3. The number of nitrogens with one attached hydrogen (secondary N) is 2. The molecule has 2 heterocycles. The van der Waals surface area contributed by atoms with Crippen molar-refractivity contribution in [3.05, 3.63) is 59.3 Å². The van der Waals surface area contributed by atoms with Gasteiger partial charge in [0.05, 0.1) is 6.54 Å². The number of ether oxygens (including phenoxy) is 2. The van der Waals surface area contributed by atoms with Crippen molar-refractivity contribution in [3.8, 4) is 11.5 Å². The highest BCUT2D eigenvalue weighted by Gasteiger charge is 2.21. The summed E-state index contributed by atoms with van der Waals surface area (Å²) < 4.78 is 11.5. The van der Waals surface area contributed by atoms with Crippen molar-refractivity contribution < 1.29 is 14.3 Å². The molecule has 0 spiro atoms. The molecular weight excluding hydrogens is 316 g/mol. The first-order valence-electron chi connectivity index (χ1n) is 8.37. The maximum absolute atomic E-state index is 12.5. The maximum Gasteiger partial charge on any atom is 0.267 e. The summed E-state index contributed by atoms with van der Waals surface area (Å²) in [5.74, 6) is 1.31. The Morgan fingerprint density at radius 1 is 1.20 bits per heavy atom. The fourth-order valence-electron chi connectivity index (χ4n) is 3.19. The molecule has 0 fully saturated rings. The van der Waals surface area contributed by atoms with E-state index in [2.05, 4.69) is 23.3 Å². The minimum absolute atomic E-state index is 0.143. The van der Waals surface area contributed by atoms with Crippen LogP contribution in [0.15, 0.2) is 42.5 Å². The van der Waals surface area contributed by atoms with Gasteiger partial charge < -0.3 is 19.8 Å². The quantitative estimate of drug-likeness (QED) is 0.771. The van der Waals surface area contributed by atoms with Crippen molar-refractivity contribution >= 4 is 16.8 Å². The minimum atomic E-state index is -0.202. The third-order valence-corrected chi connectivity index (χ3v) is 4.39. The van der Waals surface area contributed by atoms with Crippen molar-refractivity contribution in [1.29, 1.82) is 0 Å². The maximum atomic E-state index is 12.5. The van der Waals surface area contributed by atoms with E-state index in [0.717, 1.165) is 22.2 Å². The van der Waals surface area contributed by atoms with Gasteiger partial charge in [0.25, 0.3) is 5.91 Å². The number of aromatic amines is 1. The molecular formula is C20H20N2O3. The molecule has 5 nitrogen and oxygen atoms in total. The van der Waals surface area contributed by atoms with Gasteiger partial charge >= 0.3 is 0 Å². The van der Waals surface area contributed by atoms with Crippen LogP contribution < -0.4 is 14.8 Å².